The van der Waals surface area contributed by atoms with E-state index in [1.165, 1.54) is 4.88 Å². The molecule has 0 fully saturated rings. The van der Waals surface area contributed by atoms with Crippen LogP contribution in [0.3, 0.4) is 0 Å². The molecule has 138 valence electrons. The third kappa shape index (κ3) is 2.84. The van der Waals surface area contributed by atoms with E-state index in [0.717, 1.165) is 40.8 Å². The van der Waals surface area contributed by atoms with Crippen molar-refractivity contribution in [3.63, 3.8) is 0 Å². The summed E-state index contributed by atoms with van der Waals surface area (Å²) in [6, 6.07) is 0. The van der Waals surface area contributed by atoms with E-state index < -0.39 is 0 Å². The van der Waals surface area contributed by atoms with Gasteiger partial charge in [0.1, 0.15) is 5.82 Å². The van der Waals surface area contributed by atoms with Crippen LogP contribution in [0.4, 0.5) is 0 Å². The summed E-state index contributed by atoms with van der Waals surface area (Å²) in [4.78, 5) is 26.4. The molecule has 0 saturated heterocycles. The standard InChI is InChI=1S/C19H25N5OS/c1-11-6-15(9-23-7-12(2)20-17(11)23)18(25)22(5)10-16-14(4)21-19-24(16)8-13(3)26-19/h7-8,11,15H,6,9-10H2,1-5H3/t11-,15+/m1/s1. The van der Waals surface area contributed by atoms with Crippen molar-refractivity contribution < 1.29 is 4.79 Å². The fourth-order valence-corrected chi connectivity index (χ4v) is 4.93. The number of carbonyl (C=O) groups is 1. The van der Waals surface area contributed by atoms with Crippen LogP contribution in [0.25, 0.3) is 4.96 Å². The minimum atomic E-state index is 0.00373. The Morgan fingerprint density at radius 1 is 1.31 bits per heavy atom. The summed E-state index contributed by atoms with van der Waals surface area (Å²) in [7, 11) is 1.90. The summed E-state index contributed by atoms with van der Waals surface area (Å²) in [5, 5.41) is 0. The average Bonchev–Trinajstić information content (AvgIpc) is 3.20. The molecule has 0 bridgehead atoms. The van der Waals surface area contributed by atoms with Crippen molar-refractivity contribution in [1.82, 2.24) is 23.8 Å². The molecule has 0 spiro atoms. The van der Waals surface area contributed by atoms with E-state index >= 15 is 0 Å². The van der Waals surface area contributed by atoms with Gasteiger partial charge in [0.25, 0.3) is 0 Å². The minimum Gasteiger partial charge on any atom is -0.340 e. The predicted octanol–water partition coefficient (Wildman–Crippen LogP) is 3.30. The Balaban J connectivity index is 1.54. The van der Waals surface area contributed by atoms with Gasteiger partial charge in [-0.05, 0) is 27.2 Å². The Labute approximate surface area is 157 Å². The van der Waals surface area contributed by atoms with Crippen molar-refractivity contribution in [3.8, 4) is 0 Å². The van der Waals surface area contributed by atoms with Gasteiger partial charge >= 0.3 is 0 Å². The topological polar surface area (TPSA) is 55.4 Å². The first-order chi connectivity index (χ1) is 12.3. The summed E-state index contributed by atoms with van der Waals surface area (Å²) in [5.41, 5.74) is 3.13. The Morgan fingerprint density at radius 3 is 2.85 bits per heavy atom. The highest BCUT2D eigenvalue weighted by Crippen LogP contribution is 2.31. The highest BCUT2D eigenvalue weighted by molar-refractivity contribution is 7.17. The monoisotopic (exact) mass is 371 g/mol. The SMILES string of the molecule is Cc1cn2c(n1)[C@H](C)C[C@H](C(=O)N(C)Cc1c(C)nc3sc(C)cn13)C2. The highest BCUT2D eigenvalue weighted by Gasteiger charge is 2.32. The summed E-state index contributed by atoms with van der Waals surface area (Å²) >= 11 is 1.68. The van der Waals surface area contributed by atoms with Gasteiger partial charge in [-0.15, -0.1) is 11.3 Å². The average molecular weight is 372 g/mol. The lowest BCUT2D eigenvalue weighted by molar-refractivity contribution is -0.136. The van der Waals surface area contributed by atoms with Crippen LogP contribution < -0.4 is 0 Å². The van der Waals surface area contributed by atoms with Gasteiger partial charge < -0.3 is 9.47 Å². The third-order valence-corrected chi connectivity index (χ3v) is 6.18. The van der Waals surface area contributed by atoms with Crippen LogP contribution in [-0.4, -0.2) is 36.8 Å². The van der Waals surface area contributed by atoms with Crippen LogP contribution in [0.15, 0.2) is 12.4 Å². The van der Waals surface area contributed by atoms with Gasteiger partial charge in [-0.3, -0.25) is 9.20 Å². The van der Waals surface area contributed by atoms with E-state index in [1.54, 1.807) is 11.3 Å². The van der Waals surface area contributed by atoms with E-state index in [9.17, 15) is 4.79 Å². The van der Waals surface area contributed by atoms with Crippen molar-refractivity contribution in [2.75, 3.05) is 7.05 Å². The summed E-state index contributed by atoms with van der Waals surface area (Å²) in [6.45, 7) is 9.59. The van der Waals surface area contributed by atoms with Crippen LogP contribution >= 0.6 is 11.3 Å². The maximum Gasteiger partial charge on any atom is 0.227 e. The van der Waals surface area contributed by atoms with E-state index in [2.05, 4.69) is 45.2 Å². The number of amides is 1. The van der Waals surface area contributed by atoms with Gasteiger partial charge in [-0.1, -0.05) is 6.92 Å². The molecule has 1 aliphatic heterocycles. The fourth-order valence-electron chi connectivity index (χ4n) is 4.04. The molecule has 26 heavy (non-hydrogen) atoms. The molecule has 0 radical (unpaired) electrons. The van der Waals surface area contributed by atoms with Gasteiger partial charge in [-0.25, -0.2) is 9.97 Å². The number of hydrogen-bond donors (Lipinski definition) is 0. The van der Waals surface area contributed by atoms with Gasteiger partial charge in [0.2, 0.25) is 5.91 Å². The Bertz CT molecular complexity index is 982. The molecule has 0 N–H and O–H groups in total. The molecule has 0 saturated carbocycles. The van der Waals surface area contributed by atoms with Crippen molar-refractivity contribution in [1.29, 1.82) is 0 Å². The zero-order valence-electron chi connectivity index (χ0n) is 16.0. The quantitative estimate of drug-likeness (QED) is 0.710. The molecule has 4 heterocycles. The predicted molar refractivity (Wildman–Crippen MR) is 103 cm³/mol. The first-order valence-corrected chi connectivity index (χ1v) is 9.87. The molecule has 3 aromatic heterocycles. The third-order valence-electron chi connectivity index (χ3n) is 5.28. The second kappa shape index (κ2) is 6.23. The number of thiazole rings is 1. The van der Waals surface area contributed by atoms with Gasteiger partial charge in [-0.2, -0.15) is 0 Å². The molecular formula is C19H25N5OS. The first-order valence-electron chi connectivity index (χ1n) is 9.06. The molecule has 0 unspecified atom stereocenters. The zero-order valence-corrected chi connectivity index (χ0v) is 16.8. The van der Waals surface area contributed by atoms with Crippen LogP contribution in [0.2, 0.25) is 0 Å². The molecule has 6 nitrogen and oxygen atoms in total. The number of aromatic nitrogens is 4. The molecule has 2 atom stereocenters. The number of imidazole rings is 2. The lowest BCUT2D eigenvalue weighted by atomic mass is 9.90. The van der Waals surface area contributed by atoms with E-state index in [4.69, 9.17) is 0 Å². The lowest BCUT2D eigenvalue weighted by Gasteiger charge is -2.30. The summed E-state index contributed by atoms with van der Waals surface area (Å²) in [5.74, 6) is 1.62. The number of aryl methyl sites for hydroxylation is 3. The van der Waals surface area contributed by atoms with Crippen molar-refractivity contribution in [3.05, 3.63) is 40.2 Å². The highest BCUT2D eigenvalue weighted by atomic mass is 32.1. The molecule has 1 aliphatic rings. The maximum atomic E-state index is 13.1. The van der Waals surface area contributed by atoms with Crippen LogP contribution in [-0.2, 0) is 17.9 Å². The molecule has 4 rings (SSSR count). The number of carbonyl (C=O) groups excluding carboxylic acids is 1. The van der Waals surface area contributed by atoms with Crippen molar-refractivity contribution >= 4 is 22.2 Å². The largest absolute Gasteiger partial charge is 0.340 e. The second-order valence-corrected chi connectivity index (χ2v) is 8.77. The fraction of sp³-hybridized carbons (Fsp3) is 0.526. The lowest BCUT2D eigenvalue weighted by Crippen LogP contribution is -2.38. The Kier molecular flexibility index (Phi) is 4.14. The number of fused-ring (bicyclic) bond motifs is 2. The minimum absolute atomic E-state index is 0.00373. The van der Waals surface area contributed by atoms with Crippen LogP contribution in [0.5, 0.6) is 0 Å². The molecule has 1 amide bonds. The van der Waals surface area contributed by atoms with Gasteiger partial charge in [0.15, 0.2) is 4.96 Å². The van der Waals surface area contributed by atoms with E-state index in [-0.39, 0.29) is 11.8 Å². The molecule has 3 aromatic rings. The van der Waals surface area contributed by atoms with Crippen molar-refractivity contribution in [2.24, 2.45) is 5.92 Å². The summed E-state index contributed by atoms with van der Waals surface area (Å²) in [6.07, 6.45) is 5.03. The maximum absolute atomic E-state index is 13.1. The Hall–Kier alpha value is -2.15. The van der Waals surface area contributed by atoms with Gasteiger partial charge in [0, 0.05) is 36.8 Å². The second-order valence-electron chi connectivity index (χ2n) is 7.56. The molecule has 0 aliphatic carbocycles. The Morgan fingerprint density at radius 2 is 2.08 bits per heavy atom. The normalized spacial score (nSPS) is 19.7. The van der Waals surface area contributed by atoms with Crippen LogP contribution in [0.1, 0.15) is 47.0 Å². The number of hydrogen-bond acceptors (Lipinski definition) is 4. The van der Waals surface area contributed by atoms with E-state index in [1.807, 2.05) is 25.8 Å². The molecular weight excluding hydrogens is 346 g/mol. The molecule has 0 aromatic carbocycles. The number of nitrogens with zero attached hydrogens (tertiary/aromatic N) is 5. The van der Waals surface area contributed by atoms with Crippen LogP contribution in [0, 0.1) is 26.7 Å². The summed E-state index contributed by atoms with van der Waals surface area (Å²) < 4.78 is 4.28. The number of rotatable bonds is 3. The first kappa shape index (κ1) is 17.3. The smallest absolute Gasteiger partial charge is 0.227 e. The van der Waals surface area contributed by atoms with Crippen molar-refractivity contribution in [2.45, 2.75) is 53.1 Å². The zero-order chi connectivity index (χ0) is 18.6. The van der Waals surface area contributed by atoms with Gasteiger partial charge in [0.05, 0.1) is 29.5 Å². The van der Waals surface area contributed by atoms with E-state index in [0.29, 0.717) is 12.5 Å². The molecule has 7 heteroatoms.